The van der Waals surface area contributed by atoms with E-state index in [1.54, 1.807) is 6.92 Å². The van der Waals surface area contributed by atoms with E-state index in [-0.39, 0.29) is 12.0 Å². The van der Waals surface area contributed by atoms with Crippen molar-refractivity contribution >= 4 is 11.7 Å². The lowest BCUT2D eigenvalue weighted by molar-refractivity contribution is -0.139. The molecule has 0 radical (unpaired) electrons. The highest BCUT2D eigenvalue weighted by Crippen LogP contribution is 2.07. The van der Waals surface area contributed by atoms with Crippen LogP contribution in [0.3, 0.4) is 0 Å². The zero-order chi connectivity index (χ0) is 12.0. The number of para-hydroxylation sites is 1. The highest BCUT2D eigenvalue weighted by atomic mass is 16.5. The largest absolute Gasteiger partial charge is 0.460 e. The normalized spacial score (nSPS) is 11.6. The lowest BCUT2D eigenvalue weighted by Gasteiger charge is -2.15. The van der Waals surface area contributed by atoms with Gasteiger partial charge in [-0.3, -0.25) is 0 Å². The average molecular weight is 219 g/mol. The van der Waals surface area contributed by atoms with Gasteiger partial charge in [0.05, 0.1) is 6.04 Å². The average Bonchev–Trinajstić information content (AvgIpc) is 2.27. The summed E-state index contributed by atoms with van der Waals surface area (Å²) in [4.78, 5) is 11.2. The van der Waals surface area contributed by atoms with Gasteiger partial charge in [0.15, 0.2) is 0 Å². The van der Waals surface area contributed by atoms with Crippen molar-refractivity contribution in [2.24, 2.45) is 0 Å². The number of rotatable bonds is 5. The van der Waals surface area contributed by atoms with Crippen LogP contribution in [-0.2, 0) is 9.53 Å². The first-order valence-electron chi connectivity index (χ1n) is 5.24. The molecule has 0 fully saturated rings. The molecule has 3 heteroatoms. The Morgan fingerprint density at radius 1 is 1.44 bits per heavy atom. The van der Waals surface area contributed by atoms with E-state index in [2.05, 4.69) is 11.9 Å². The third kappa shape index (κ3) is 4.17. The molecular formula is C13H17NO2. The molecule has 0 aromatic heterocycles. The number of carbonyl (C=O) groups is 1. The van der Waals surface area contributed by atoms with E-state index in [0.717, 1.165) is 5.69 Å². The summed E-state index contributed by atoms with van der Waals surface area (Å²) in [5.74, 6) is -0.346. The van der Waals surface area contributed by atoms with Crippen molar-refractivity contribution in [2.45, 2.75) is 19.9 Å². The number of esters is 1. The van der Waals surface area contributed by atoms with Crippen LogP contribution < -0.4 is 5.32 Å². The lowest BCUT2D eigenvalue weighted by Crippen LogP contribution is -2.23. The smallest absolute Gasteiger partial charge is 0.333 e. The van der Waals surface area contributed by atoms with Crippen LogP contribution in [0.2, 0.25) is 0 Å². The van der Waals surface area contributed by atoms with Gasteiger partial charge in [0, 0.05) is 11.3 Å². The fraction of sp³-hybridized carbons (Fsp3) is 0.308. The molecule has 86 valence electrons. The molecule has 1 N–H and O–H groups in total. The first-order valence-corrected chi connectivity index (χ1v) is 5.24. The van der Waals surface area contributed by atoms with Crippen molar-refractivity contribution in [2.75, 3.05) is 11.9 Å². The van der Waals surface area contributed by atoms with Gasteiger partial charge < -0.3 is 10.1 Å². The molecule has 0 saturated carbocycles. The van der Waals surface area contributed by atoms with Crippen LogP contribution in [0, 0.1) is 0 Å². The second-order valence-corrected chi connectivity index (χ2v) is 3.79. The van der Waals surface area contributed by atoms with E-state index in [1.807, 2.05) is 37.3 Å². The SMILES string of the molecule is C=C(C)C(=O)OCC(C)Nc1ccccc1. The Bertz CT molecular complexity index is 359. The molecule has 1 rings (SSSR count). The van der Waals surface area contributed by atoms with Gasteiger partial charge in [0.25, 0.3) is 0 Å². The summed E-state index contributed by atoms with van der Waals surface area (Å²) in [6.45, 7) is 7.45. The molecule has 1 unspecified atom stereocenters. The van der Waals surface area contributed by atoms with Crippen LogP contribution >= 0.6 is 0 Å². The number of benzene rings is 1. The number of nitrogens with one attached hydrogen (secondary N) is 1. The van der Waals surface area contributed by atoms with Crippen LogP contribution in [0.1, 0.15) is 13.8 Å². The summed E-state index contributed by atoms with van der Waals surface area (Å²) in [6, 6.07) is 9.88. The van der Waals surface area contributed by atoms with Crippen molar-refractivity contribution in [3.05, 3.63) is 42.5 Å². The van der Waals surface area contributed by atoms with E-state index >= 15 is 0 Å². The maximum absolute atomic E-state index is 11.2. The first kappa shape index (κ1) is 12.3. The van der Waals surface area contributed by atoms with Gasteiger partial charge in [0.2, 0.25) is 0 Å². The maximum atomic E-state index is 11.2. The summed E-state index contributed by atoms with van der Waals surface area (Å²) >= 11 is 0. The minimum atomic E-state index is -0.346. The summed E-state index contributed by atoms with van der Waals surface area (Å²) < 4.78 is 5.04. The highest BCUT2D eigenvalue weighted by molar-refractivity contribution is 5.86. The number of carbonyl (C=O) groups excluding carboxylic acids is 1. The van der Waals surface area contributed by atoms with Crippen molar-refractivity contribution in [3.8, 4) is 0 Å². The molecule has 1 atom stereocenters. The fourth-order valence-corrected chi connectivity index (χ4v) is 1.18. The van der Waals surface area contributed by atoms with E-state index < -0.39 is 0 Å². The minimum absolute atomic E-state index is 0.0747. The van der Waals surface area contributed by atoms with Crippen molar-refractivity contribution in [3.63, 3.8) is 0 Å². The van der Waals surface area contributed by atoms with Gasteiger partial charge in [-0.15, -0.1) is 0 Å². The van der Waals surface area contributed by atoms with E-state index in [9.17, 15) is 4.79 Å². The van der Waals surface area contributed by atoms with E-state index in [0.29, 0.717) is 12.2 Å². The Morgan fingerprint density at radius 3 is 2.62 bits per heavy atom. The Morgan fingerprint density at radius 2 is 2.06 bits per heavy atom. The van der Waals surface area contributed by atoms with Crippen LogP contribution in [0.15, 0.2) is 42.5 Å². The number of ether oxygens (including phenoxy) is 1. The summed E-state index contributed by atoms with van der Waals surface area (Å²) in [5.41, 5.74) is 1.44. The molecule has 0 aliphatic carbocycles. The standard InChI is InChI=1S/C13H17NO2/c1-10(2)13(15)16-9-11(3)14-12-7-5-4-6-8-12/h4-8,11,14H,1,9H2,2-3H3. The summed E-state index contributed by atoms with van der Waals surface area (Å²) in [5, 5.41) is 3.23. The van der Waals surface area contributed by atoms with Crippen LogP contribution in [-0.4, -0.2) is 18.6 Å². The molecule has 1 aromatic carbocycles. The van der Waals surface area contributed by atoms with Crippen LogP contribution in [0.5, 0.6) is 0 Å². The van der Waals surface area contributed by atoms with Gasteiger partial charge in [-0.05, 0) is 26.0 Å². The Labute approximate surface area is 96.1 Å². The fourth-order valence-electron chi connectivity index (χ4n) is 1.18. The quantitative estimate of drug-likeness (QED) is 0.611. The zero-order valence-electron chi connectivity index (χ0n) is 9.69. The predicted octanol–water partition coefficient (Wildman–Crippen LogP) is 2.61. The molecule has 0 heterocycles. The minimum Gasteiger partial charge on any atom is -0.460 e. The predicted molar refractivity (Wildman–Crippen MR) is 65.3 cm³/mol. The summed E-state index contributed by atoms with van der Waals surface area (Å²) in [7, 11) is 0. The topological polar surface area (TPSA) is 38.3 Å². The molecule has 0 aliphatic rings. The first-order chi connectivity index (χ1) is 7.59. The number of hydrogen-bond acceptors (Lipinski definition) is 3. The monoisotopic (exact) mass is 219 g/mol. The Kier molecular flexibility index (Phi) is 4.58. The molecule has 0 spiro atoms. The molecule has 0 saturated heterocycles. The van der Waals surface area contributed by atoms with Crippen molar-refractivity contribution in [1.29, 1.82) is 0 Å². The van der Waals surface area contributed by atoms with E-state index in [4.69, 9.17) is 4.74 Å². The van der Waals surface area contributed by atoms with Gasteiger partial charge in [-0.25, -0.2) is 4.79 Å². The molecule has 3 nitrogen and oxygen atoms in total. The zero-order valence-corrected chi connectivity index (χ0v) is 9.69. The highest BCUT2D eigenvalue weighted by Gasteiger charge is 2.07. The number of hydrogen-bond donors (Lipinski definition) is 1. The van der Waals surface area contributed by atoms with Crippen molar-refractivity contribution < 1.29 is 9.53 Å². The van der Waals surface area contributed by atoms with Gasteiger partial charge in [-0.2, -0.15) is 0 Å². The lowest BCUT2D eigenvalue weighted by atomic mass is 10.3. The molecule has 0 amide bonds. The third-order valence-corrected chi connectivity index (χ3v) is 2.00. The van der Waals surface area contributed by atoms with Crippen LogP contribution in [0.4, 0.5) is 5.69 Å². The maximum Gasteiger partial charge on any atom is 0.333 e. The molecule has 0 aliphatic heterocycles. The van der Waals surface area contributed by atoms with Crippen molar-refractivity contribution in [1.82, 2.24) is 0 Å². The van der Waals surface area contributed by atoms with Gasteiger partial charge in [-0.1, -0.05) is 24.8 Å². The van der Waals surface area contributed by atoms with Gasteiger partial charge >= 0.3 is 5.97 Å². The third-order valence-electron chi connectivity index (χ3n) is 2.00. The second-order valence-electron chi connectivity index (χ2n) is 3.79. The van der Waals surface area contributed by atoms with Crippen LogP contribution in [0.25, 0.3) is 0 Å². The summed E-state index contributed by atoms with van der Waals surface area (Å²) in [6.07, 6.45) is 0. The molecule has 16 heavy (non-hydrogen) atoms. The second kappa shape index (κ2) is 5.95. The van der Waals surface area contributed by atoms with E-state index in [1.165, 1.54) is 0 Å². The molecule has 0 bridgehead atoms. The van der Waals surface area contributed by atoms with Gasteiger partial charge in [0.1, 0.15) is 6.61 Å². The molecule has 1 aromatic rings. The Hall–Kier alpha value is -1.77. The Balaban J connectivity index is 2.34. The number of anilines is 1. The molecular weight excluding hydrogens is 202 g/mol.